The molecule has 2 heterocycles. The fourth-order valence-electron chi connectivity index (χ4n) is 2.54. The monoisotopic (exact) mass is 371 g/mol. The van der Waals surface area contributed by atoms with E-state index in [9.17, 15) is 9.59 Å². The number of carbonyl (C=O) groups excluding carboxylic acids is 2. The molecule has 9 heteroatoms. The highest BCUT2D eigenvalue weighted by Crippen LogP contribution is 2.16. The number of nitrogens with zero attached hydrogens (tertiary/aromatic N) is 4. The summed E-state index contributed by atoms with van der Waals surface area (Å²) in [6, 6.07) is 10.4. The average molecular weight is 371 g/mol. The van der Waals surface area contributed by atoms with Gasteiger partial charge in [0.2, 0.25) is 10.7 Å². The molecule has 0 saturated carbocycles. The fourth-order valence-corrected chi connectivity index (χ4v) is 2.87. The lowest BCUT2D eigenvalue weighted by molar-refractivity contribution is -0.116. The summed E-state index contributed by atoms with van der Waals surface area (Å²) in [7, 11) is 1.29. The Morgan fingerprint density at radius 3 is 2.58 bits per heavy atom. The Morgan fingerprint density at radius 2 is 1.88 bits per heavy atom. The second-order valence-corrected chi connectivity index (χ2v) is 5.81. The Bertz CT molecular complexity index is 1000. The lowest BCUT2D eigenvalue weighted by Crippen LogP contribution is -2.21. The van der Waals surface area contributed by atoms with E-state index in [1.165, 1.54) is 11.8 Å². The number of aryl methyl sites for hydroxylation is 1. The molecule has 1 amide bonds. The maximum Gasteiger partial charge on any atom is 0.339 e. The Balaban J connectivity index is 1.81. The summed E-state index contributed by atoms with van der Waals surface area (Å²) < 4.78 is 10.0. The molecule has 0 aliphatic carbocycles. The van der Waals surface area contributed by atoms with E-state index >= 15 is 0 Å². The summed E-state index contributed by atoms with van der Waals surface area (Å²) in [5.41, 5.74) is 0.651. The molecule has 26 heavy (non-hydrogen) atoms. The van der Waals surface area contributed by atoms with E-state index in [1.54, 1.807) is 40.5 Å². The second-order valence-electron chi connectivity index (χ2n) is 5.45. The first-order valence-electron chi connectivity index (χ1n) is 7.78. The van der Waals surface area contributed by atoms with Gasteiger partial charge >= 0.3 is 5.97 Å². The van der Waals surface area contributed by atoms with Gasteiger partial charge in [0.25, 0.3) is 0 Å². The third-order valence-corrected chi connectivity index (χ3v) is 4.08. The predicted octanol–water partition coefficient (Wildman–Crippen LogP) is 2.26. The van der Waals surface area contributed by atoms with Gasteiger partial charge in [-0.05, 0) is 43.4 Å². The van der Waals surface area contributed by atoms with Crippen molar-refractivity contribution in [2.24, 2.45) is 0 Å². The van der Waals surface area contributed by atoms with E-state index in [1.807, 2.05) is 24.5 Å². The summed E-state index contributed by atoms with van der Waals surface area (Å²) >= 11 is 5.42. The minimum atomic E-state index is -0.523. The van der Waals surface area contributed by atoms with Crippen LogP contribution in [0.3, 0.4) is 0 Å². The van der Waals surface area contributed by atoms with Crippen molar-refractivity contribution < 1.29 is 14.3 Å². The van der Waals surface area contributed by atoms with Crippen LogP contribution in [-0.4, -0.2) is 38.1 Å². The quantitative estimate of drug-likeness (QED) is 0.549. The molecule has 0 atom stereocenters. The highest BCUT2D eigenvalue weighted by Gasteiger charge is 2.15. The van der Waals surface area contributed by atoms with E-state index in [4.69, 9.17) is 17.0 Å². The number of hydrogen-bond donors (Lipinski definition) is 1. The van der Waals surface area contributed by atoms with Crippen LogP contribution >= 0.6 is 12.2 Å². The van der Waals surface area contributed by atoms with Gasteiger partial charge in [-0.1, -0.05) is 12.1 Å². The first kappa shape index (κ1) is 17.6. The van der Waals surface area contributed by atoms with Gasteiger partial charge in [0.1, 0.15) is 12.4 Å². The number of nitrogens with one attached hydrogen (secondary N) is 1. The first-order chi connectivity index (χ1) is 12.5. The zero-order valence-electron chi connectivity index (χ0n) is 14.2. The molecule has 134 valence electrons. The topological polar surface area (TPSA) is 83.1 Å². The molecule has 0 radical (unpaired) electrons. The summed E-state index contributed by atoms with van der Waals surface area (Å²) in [5.74, 6) is -0.228. The van der Waals surface area contributed by atoms with E-state index in [-0.39, 0.29) is 18.0 Å². The number of benzene rings is 1. The Kier molecular flexibility index (Phi) is 4.99. The number of carbonyl (C=O) groups is 2. The van der Waals surface area contributed by atoms with Crippen molar-refractivity contribution in [3.05, 3.63) is 65.0 Å². The Morgan fingerprint density at radius 1 is 1.19 bits per heavy atom. The lowest BCUT2D eigenvalue weighted by atomic mass is 10.2. The number of rotatable bonds is 5. The van der Waals surface area contributed by atoms with Crippen LogP contribution in [0.15, 0.2) is 48.8 Å². The summed E-state index contributed by atoms with van der Waals surface area (Å²) in [5, 5.41) is 7.03. The molecule has 0 aliphatic rings. The maximum absolute atomic E-state index is 12.4. The molecule has 3 aromatic rings. The molecule has 1 N–H and O–H groups in total. The molecule has 3 rings (SSSR count). The Labute approximate surface area is 154 Å². The fraction of sp³-hybridized carbons (Fsp3) is 0.176. The van der Waals surface area contributed by atoms with Crippen molar-refractivity contribution in [1.82, 2.24) is 19.1 Å². The summed E-state index contributed by atoms with van der Waals surface area (Å²) in [6.07, 6.45) is 3.67. The van der Waals surface area contributed by atoms with Gasteiger partial charge in [0.15, 0.2) is 0 Å². The number of anilines is 1. The number of esters is 1. The molecular weight excluding hydrogens is 354 g/mol. The van der Waals surface area contributed by atoms with Crippen molar-refractivity contribution in [1.29, 1.82) is 0 Å². The van der Waals surface area contributed by atoms with Crippen molar-refractivity contribution in [3.63, 3.8) is 0 Å². The van der Waals surface area contributed by atoms with Crippen molar-refractivity contribution in [2.45, 2.75) is 13.5 Å². The normalized spacial score (nSPS) is 10.5. The number of hydrogen-bond acceptors (Lipinski definition) is 5. The van der Waals surface area contributed by atoms with Crippen LogP contribution < -0.4 is 5.32 Å². The molecule has 0 aliphatic heterocycles. The molecule has 2 aromatic heterocycles. The number of aromatic nitrogens is 4. The van der Waals surface area contributed by atoms with E-state index in [2.05, 4.69) is 10.4 Å². The van der Waals surface area contributed by atoms with Crippen molar-refractivity contribution in [3.8, 4) is 0 Å². The van der Waals surface area contributed by atoms with Crippen molar-refractivity contribution >= 4 is 29.8 Å². The van der Waals surface area contributed by atoms with Crippen LogP contribution in [0.4, 0.5) is 5.69 Å². The van der Waals surface area contributed by atoms with Gasteiger partial charge in [-0.3, -0.25) is 9.47 Å². The van der Waals surface area contributed by atoms with Crippen LogP contribution in [0.5, 0.6) is 0 Å². The first-order valence-corrected chi connectivity index (χ1v) is 8.19. The highest BCUT2D eigenvalue weighted by atomic mass is 32.1. The van der Waals surface area contributed by atoms with E-state index in [0.717, 1.165) is 0 Å². The number of amides is 1. The molecule has 0 fully saturated rings. The number of ether oxygens (including phenoxy) is 1. The largest absolute Gasteiger partial charge is 0.465 e. The Hall–Kier alpha value is -3.20. The molecule has 0 spiro atoms. The second kappa shape index (κ2) is 7.36. The van der Waals surface area contributed by atoms with Gasteiger partial charge in [-0.25, -0.2) is 14.2 Å². The van der Waals surface area contributed by atoms with E-state index in [0.29, 0.717) is 16.3 Å². The molecule has 0 unspecified atom stereocenters. The van der Waals surface area contributed by atoms with Gasteiger partial charge in [-0.2, -0.15) is 5.10 Å². The minimum Gasteiger partial charge on any atom is -0.465 e. The average Bonchev–Trinajstić information content (AvgIpc) is 3.23. The van der Waals surface area contributed by atoms with Crippen LogP contribution in [-0.2, 0) is 16.1 Å². The molecular formula is C17H17N5O3S. The van der Waals surface area contributed by atoms with Gasteiger partial charge < -0.3 is 10.1 Å². The molecule has 0 bridgehead atoms. The van der Waals surface area contributed by atoms with E-state index < -0.39 is 5.97 Å². The van der Waals surface area contributed by atoms with Gasteiger partial charge in [-0.15, -0.1) is 0 Å². The standard InChI is InChI=1S/C17H17N5O3S/c1-12-19-21(17(26)22(12)20-9-5-6-10-20)11-15(23)18-14-8-4-3-7-13(14)16(24)25-2/h3-10H,11H2,1-2H3,(H,18,23). The number of methoxy groups -OCH3 is 1. The smallest absolute Gasteiger partial charge is 0.339 e. The SMILES string of the molecule is COC(=O)c1ccccc1NC(=O)Cn1nc(C)n(-n2cccc2)c1=S. The number of para-hydroxylation sites is 1. The van der Waals surface area contributed by atoms with Crippen LogP contribution in [0.25, 0.3) is 0 Å². The third-order valence-electron chi connectivity index (χ3n) is 3.69. The van der Waals surface area contributed by atoms with Crippen LogP contribution in [0, 0.1) is 11.7 Å². The van der Waals surface area contributed by atoms with Crippen molar-refractivity contribution in [2.75, 3.05) is 12.4 Å². The van der Waals surface area contributed by atoms with Gasteiger partial charge in [0.05, 0.1) is 18.4 Å². The molecule has 1 aromatic carbocycles. The predicted molar refractivity (Wildman–Crippen MR) is 97.4 cm³/mol. The van der Waals surface area contributed by atoms with Gasteiger partial charge in [0, 0.05) is 12.4 Å². The lowest BCUT2D eigenvalue weighted by Gasteiger charge is -2.09. The summed E-state index contributed by atoms with van der Waals surface area (Å²) in [6.45, 7) is 1.72. The highest BCUT2D eigenvalue weighted by molar-refractivity contribution is 7.71. The molecule has 0 saturated heterocycles. The molecule has 8 nitrogen and oxygen atoms in total. The van der Waals surface area contributed by atoms with Crippen LogP contribution in [0.1, 0.15) is 16.2 Å². The third kappa shape index (κ3) is 3.42. The minimum absolute atomic E-state index is 0.0799. The maximum atomic E-state index is 12.4. The summed E-state index contributed by atoms with van der Waals surface area (Å²) in [4.78, 5) is 24.2. The zero-order valence-corrected chi connectivity index (χ0v) is 15.1. The van der Waals surface area contributed by atoms with Crippen LogP contribution in [0.2, 0.25) is 0 Å². The zero-order chi connectivity index (χ0) is 18.7.